The largest absolute Gasteiger partial charge is 0.504 e. The van der Waals surface area contributed by atoms with E-state index in [0.717, 1.165) is 36.1 Å². The second-order valence-electron chi connectivity index (χ2n) is 5.81. The molecule has 2 aromatic carbocycles. The van der Waals surface area contributed by atoms with Crippen molar-refractivity contribution in [2.75, 3.05) is 0 Å². The van der Waals surface area contributed by atoms with Crippen molar-refractivity contribution in [1.82, 2.24) is 5.32 Å². The van der Waals surface area contributed by atoms with Crippen molar-refractivity contribution < 1.29 is 10.2 Å². The molecule has 1 heterocycles. The summed E-state index contributed by atoms with van der Waals surface area (Å²) in [6.45, 7) is 4.66. The summed E-state index contributed by atoms with van der Waals surface area (Å²) in [5.41, 5.74) is 6.68. The molecule has 106 valence electrons. The van der Waals surface area contributed by atoms with Crippen LogP contribution in [0.1, 0.15) is 28.3 Å². The standard InChI is InChI=1S/C18H17NO2/c1-2-3-10-6-12-9-19-14-8-11-4-5-15(20)18(21)17(11)13(7-10)16(12)14/h2,4-7,14,19-21H,1,3,8-9H2. The van der Waals surface area contributed by atoms with Crippen LogP contribution in [0.25, 0.3) is 11.1 Å². The maximum atomic E-state index is 10.3. The summed E-state index contributed by atoms with van der Waals surface area (Å²) in [5, 5.41) is 23.7. The van der Waals surface area contributed by atoms with Crippen LogP contribution in [0.15, 0.2) is 36.9 Å². The minimum atomic E-state index is -0.0546. The Morgan fingerprint density at radius 3 is 2.90 bits per heavy atom. The first kappa shape index (κ1) is 12.5. The second-order valence-corrected chi connectivity index (χ2v) is 5.81. The summed E-state index contributed by atoms with van der Waals surface area (Å²) in [7, 11) is 0. The van der Waals surface area contributed by atoms with E-state index in [-0.39, 0.29) is 11.5 Å². The van der Waals surface area contributed by atoms with Crippen LogP contribution >= 0.6 is 0 Å². The molecular weight excluding hydrogens is 262 g/mol. The molecule has 3 nitrogen and oxygen atoms in total. The lowest BCUT2D eigenvalue weighted by atomic mass is 9.80. The van der Waals surface area contributed by atoms with Gasteiger partial charge in [-0.2, -0.15) is 0 Å². The van der Waals surface area contributed by atoms with Gasteiger partial charge in [-0.3, -0.25) is 0 Å². The zero-order valence-electron chi connectivity index (χ0n) is 11.7. The van der Waals surface area contributed by atoms with Gasteiger partial charge in [-0.25, -0.2) is 0 Å². The van der Waals surface area contributed by atoms with E-state index in [1.165, 1.54) is 16.7 Å². The number of fused-ring (bicyclic) bond motifs is 2. The van der Waals surface area contributed by atoms with Gasteiger partial charge in [-0.1, -0.05) is 24.3 Å². The molecule has 0 radical (unpaired) electrons. The van der Waals surface area contributed by atoms with Crippen LogP contribution in [0.2, 0.25) is 0 Å². The van der Waals surface area contributed by atoms with Crippen LogP contribution in [0.4, 0.5) is 0 Å². The number of hydrogen-bond donors (Lipinski definition) is 3. The molecule has 0 spiro atoms. The van der Waals surface area contributed by atoms with Crippen molar-refractivity contribution in [2.24, 2.45) is 0 Å². The van der Waals surface area contributed by atoms with Crippen molar-refractivity contribution in [1.29, 1.82) is 0 Å². The lowest BCUT2D eigenvalue weighted by Gasteiger charge is -2.26. The predicted octanol–water partition coefficient (Wildman–Crippen LogP) is 3.19. The van der Waals surface area contributed by atoms with Gasteiger partial charge in [0.25, 0.3) is 0 Å². The van der Waals surface area contributed by atoms with Crippen molar-refractivity contribution in [3.8, 4) is 22.6 Å². The van der Waals surface area contributed by atoms with Crippen LogP contribution in [-0.4, -0.2) is 10.2 Å². The van der Waals surface area contributed by atoms with Gasteiger partial charge in [0, 0.05) is 18.2 Å². The molecule has 1 unspecified atom stereocenters. The van der Waals surface area contributed by atoms with Gasteiger partial charge in [0.1, 0.15) is 0 Å². The Morgan fingerprint density at radius 1 is 1.24 bits per heavy atom. The van der Waals surface area contributed by atoms with Gasteiger partial charge in [-0.15, -0.1) is 6.58 Å². The van der Waals surface area contributed by atoms with E-state index in [1.807, 2.05) is 12.1 Å². The van der Waals surface area contributed by atoms with E-state index in [4.69, 9.17) is 0 Å². The number of aromatic hydroxyl groups is 2. The molecule has 0 amide bonds. The maximum absolute atomic E-state index is 10.3. The maximum Gasteiger partial charge on any atom is 0.165 e. The van der Waals surface area contributed by atoms with Gasteiger partial charge in [0.05, 0.1) is 0 Å². The Morgan fingerprint density at radius 2 is 2.10 bits per heavy atom. The van der Waals surface area contributed by atoms with Crippen LogP contribution in [0.3, 0.4) is 0 Å². The third kappa shape index (κ3) is 1.71. The highest BCUT2D eigenvalue weighted by Crippen LogP contribution is 2.49. The number of nitrogens with one attached hydrogen (secondary N) is 1. The highest BCUT2D eigenvalue weighted by Gasteiger charge is 2.33. The van der Waals surface area contributed by atoms with Crippen molar-refractivity contribution in [3.05, 3.63) is 59.2 Å². The van der Waals surface area contributed by atoms with Gasteiger partial charge >= 0.3 is 0 Å². The fourth-order valence-electron chi connectivity index (χ4n) is 3.65. The molecule has 3 N–H and O–H groups in total. The summed E-state index contributed by atoms with van der Waals surface area (Å²) >= 11 is 0. The van der Waals surface area contributed by atoms with Gasteiger partial charge in [-0.05, 0) is 46.7 Å². The summed E-state index contributed by atoms with van der Waals surface area (Å²) in [4.78, 5) is 0. The predicted molar refractivity (Wildman–Crippen MR) is 82.4 cm³/mol. The quantitative estimate of drug-likeness (QED) is 0.584. The number of rotatable bonds is 2. The van der Waals surface area contributed by atoms with E-state index >= 15 is 0 Å². The van der Waals surface area contributed by atoms with E-state index < -0.39 is 0 Å². The third-order valence-corrected chi connectivity index (χ3v) is 4.53. The van der Waals surface area contributed by atoms with Crippen LogP contribution in [0.5, 0.6) is 11.5 Å². The average Bonchev–Trinajstić information content (AvgIpc) is 2.87. The summed E-state index contributed by atoms with van der Waals surface area (Å²) < 4.78 is 0. The first-order valence-electron chi connectivity index (χ1n) is 7.23. The first-order chi connectivity index (χ1) is 10.2. The molecule has 3 heteroatoms. The van der Waals surface area contributed by atoms with E-state index in [9.17, 15) is 10.2 Å². The Hall–Kier alpha value is -2.26. The molecule has 0 fully saturated rings. The fourth-order valence-corrected chi connectivity index (χ4v) is 3.65. The normalized spacial score (nSPS) is 18.2. The monoisotopic (exact) mass is 279 g/mol. The fraction of sp³-hybridized carbons (Fsp3) is 0.222. The van der Waals surface area contributed by atoms with E-state index in [0.29, 0.717) is 6.04 Å². The topological polar surface area (TPSA) is 52.5 Å². The molecule has 1 aliphatic carbocycles. The number of hydrogen-bond acceptors (Lipinski definition) is 3. The first-order valence-corrected chi connectivity index (χ1v) is 7.23. The Labute approximate surface area is 123 Å². The minimum absolute atomic E-state index is 0.00389. The zero-order chi connectivity index (χ0) is 14.6. The molecule has 2 aliphatic rings. The average molecular weight is 279 g/mol. The summed E-state index contributed by atoms with van der Waals surface area (Å²) in [6.07, 6.45) is 3.55. The molecule has 2 aromatic rings. The molecule has 0 saturated carbocycles. The van der Waals surface area contributed by atoms with Gasteiger partial charge in [0.2, 0.25) is 0 Å². The number of phenolic OH excluding ortho intramolecular Hbond substituents is 2. The molecule has 0 saturated heterocycles. The number of benzene rings is 2. The van der Waals surface area contributed by atoms with Crippen molar-refractivity contribution in [3.63, 3.8) is 0 Å². The van der Waals surface area contributed by atoms with Crippen LogP contribution in [-0.2, 0) is 19.4 Å². The Bertz CT molecular complexity index is 764. The van der Waals surface area contributed by atoms with Crippen molar-refractivity contribution in [2.45, 2.75) is 25.4 Å². The lowest BCUT2D eigenvalue weighted by molar-refractivity contribution is 0.403. The van der Waals surface area contributed by atoms with Gasteiger partial charge < -0.3 is 15.5 Å². The second kappa shape index (κ2) is 4.37. The molecule has 0 bridgehead atoms. The lowest BCUT2D eigenvalue weighted by Crippen LogP contribution is -2.18. The molecule has 1 atom stereocenters. The van der Waals surface area contributed by atoms with Crippen LogP contribution in [0, 0.1) is 0 Å². The summed E-state index contributed by atoms with van der Waals surface area (Å²) in [6, 6.07) is 8.13. The smallest absolute Gasteiger partial charge is 0.165 e. The van der Waals surface area contributed by atoms with E-state index in [2.05, 4.69) is 24.0 Å². The molecule has 21 heavy (non-hydrogen) atoms. The Balaban J connectivity index is 2.03. The zero-order valence-corrected chi connectivity index (χ0v) is 11.7. The highest BCUT2D eigenvalue weighted by molar-refractivity contribution is 5.83. The van der Waals surface area contributed by atoms with Gasteiger partial charge in [0.15, 0.2) is 11.5 Å². The number of allylic oxidation sites excluding steroid dienone is 1. The Kier molecular flexibility index (Phi) is 2.59. The summed E-state index contributed by atoms with van der Waals surface area (Å²) in [5.74, 6) is -0.0585. The van der Waals surface area contributed by atoms with E-state index in [1.54, 1.807) is 6.07 Å². The van der Waals surface area contributed by atoms with Crippen LogP contribution < -0.4 is 5.32 Å². The molecular formula is C18H17NO2. The SMILES string of the molecule is C=CCc1cc2c3c(c1)-c1c(ccc(O)c1O)CC3NC2. The minimum Gasteiger partial charge on any atom is -0.504 e. The molecule has 0 aromatic heterocycles. The number of phenols is 2. The molecule has 1 aliphatic heterocycles. The third-order valence-electron chi connectivity index (χ3n) is 4.53. The van der Waals surface area contributed by atoms with Crippen molar-refractivity contribution >= 4 is 0 Å². The highest BCUT2D eigenvalue weighted by atomic mass is 16.3. The molecule has 4 rings (SSSR count).